The lowest BCUT2D eigenvalue weighted by molar-refractivity contribution is -0.125. The second-order valence-corrected chi connectivity index (χ2v) is 7.27. The highest BCUT2D eigenvalue weighted by Gasteiger charge is 2.29. The van der Waals surface area contributed by atoms with Gasteiger partial charge in [0, 0.05) is 12.2 Å². The summed E-state index contributed by atoms with van der Waals surface area (Å²) >= 11 is 0. The van der Waals surface area contributed by atoms with Crippen LogP contribution >= 0.6 is 0 Å². The summed E-state index contributed by atoms with van der Waals surface area (Å²) in [7, 11) is 0. The first kappa shape index (κ1) is 19.6. The average Bonchev–Trinajstić information content (AvgIpc) is 2.92. The van der Waals surface area contributed by atoms with E-state index in [0.717, 1.165) is 32.4 Å². The van der Waals surface area contributed by atoms with E-state index in [9.17, 15) is 9.59 Å². The lowest BCUT2D eigenvalue weighted by Crippen LogP contribution is -2.53. The molecule has 2 heterocycles. The maximum Gasteiger partial charge on any atom is 0.248 e. The molecule has 2 atom stereocenters. The molecule has 1 aromatic carbocycles. The van der Waals surface area contributed by atoms with Crippen LogP contribution in [0, 0.1) is 0 Å². The molecule has 2 saturated heterocycles. The Balaban J connectivity index is 1.54. The Morgan fingerprint density at radius 1 is 1.15 bits per heavy atom. The van der Waals surface area contributed by atoms with Crippen molar-refractivity contribution in [2.24, 2.45) is 5.73 Å². The van der Waals surface area contributed by atoms with Crippen LogP contribution in [0.1, 0.15) is 42.5 Å². The number of nitrogens with two attached hydrogens (primary N) is 1. The van der Waals surface area contributed by atoms with Crippen molar-refractivity contribution < 1.29 is 19.1 Å². The SMILES string of the molecule is NC(=O)c1ccc(O[C@@H]2COCC[C@H]2NC(=O)CN2CCCCCC2)cc1. The molecule has 7 nitrogen and oxygen atoms in total. The molecule has 0 spiro atoms. The molecule has 7 heteroatoms. The third-order valence-corrected chi connectivity index (χ3v) is 5.14. The van der Waals surface area contributed by atoms with Crippen molar-refractivity contribution in [3.8, 4) is 5.75 Å². The summed E-state index contributed by atoms with van der Waals surface area (Å²) < 4.78 is 11.5. The fourth-order valence-corrected chi connectivity index (χ4v) is 3.62. The molecule has 0 aliphatic carbocycles. The number of likely N-dealkylation sites (tertiary alicyclic amines) is 1. The summed E-state index contributed by atoms with van der Waals surface area (Å²) in [6.45, 7) is 3.46. The Labute approximate surface area is 160 Å². The predicted molar refractivity (Wildman–Crippen MR) is 102 cm³/mol. The number of ether oxygens (including phenoxy) is 2. The van der Waals surface area contributed by atoms with Crippen molar-refractivity contribution in [1.82, 2.24) is 10.2 Å². The first-order chi connectivity index (χ1) is 13.1. The first-order valence-corrected chi connectivity index (χ1v) is 9.78. The van der Waals surface area contributed by atoms with E-state index in [0.29, 0.717) is 31.1 Å². The van der Waals surface area contributed by atoms with Crippen LogP contribution in [0.25, 0.3) is 0 Å². The van der Waals surface area contributed by atoms with E-state index in [1.165, 1.54) is 12.8 Å². The molecule has 2 fully saturated rings. The van der Waals surface area contributed by atoms with Crippen LogP contribution in [-0.2, 0) is 9.53 Å². The molecule has 2 amide bonds. The Morgan fingerprint density at radius 2 is 1.85 bits per heavy atom. The first-order valence-electron chi connectivity index (χ1n) is 9.78. The fraction of sp³-hybridized carbons (Fsp3) is 0.600. The number of nitrogens with one attached hydrogen (secondary N) is 1. The van der Waals surface area contributed by atoms with Gasteiger partial charge in [0.15, 0.2) is 0 Å². The van der Waals surface area contributed by atoms with Crippen molar-refractivity contribution in [3.05, 3.63) is 29.8 Å². The van der Waals surface area contributed by atoms with Crippen LogP contribution in [0.2, 0.25) is 0 Å². The molecule has 0 aromatic heterocycles. The minimum absolute atomic E-state index is 0.0430. The maximum atomic E-state index is 12.5. The monoisotopic (exact) mass is 375 g/mol. The Kier molecular flexibility index (Phi) is 7.06. The van der Waals surface area contributed by atoms with Gasteiger partial charge in [-0.3, -0.25) is 14.5 Å². The third-order valence-electron chi connectivity index (χ3n) is 5.14. The van der Waals surface area contributed by atoms with Gasteiger partial charge < -0.3 is 20.5 Å². The number of rotatable bonds is 6. The molecule has 0 saturated carbocycles. The van der Waals surface area contributed by atoms with Crippen molar-refractivity contribution in [2.45, 2.75) is 44.2 Å². The number of nitrogens with zero attached hydrogens (tertiary/aromatic N) is 1. The van der Waals surface area contributed by atoms with Crippen LogP contribution in [0.3, 0.4) is 0 Å². The number of amides is 2. The van der Waals surface area contributed by atoms with Crippen molar-refractivity contribution in [2.75, 3.05) is 32.8 Å². The Hall–Kier alpha value is -2.12. The van der Waals surface area contributed by atoms with E-state index in [1.807, 2.05) is 0 Å². The number of carbonyl (C=O) groups is 2. The Bertz CT molecular complexity index is 627. The van der Waals surface area contributed by atoms with E-state index < -0.39 is 5.91 Å². The van der Waals surface area contributed by atoms with Gasteiger partial charge in [-0.15, -0.1) is 0 Å². The highest BCUT2D eigenvalue weighted by molar-refractivity contribution is 5.92. The van der Waals surface area contributed by atoms with Gasteiger partial charge in [0.2, 0.25) is 11.8 Å². The van der Waals surface area contributed by atoms with Crippen LogP contribution in [-0.4, -0.2) is 61.7 Å². The summed E-state index contributed by atoms with van der Waals surface area (Å²) in [5.74, 6) is 0.199. The van der Waals surface area contributed by atoms with Crippen LogP contribution in [0.4, 0.5) is 0 Å². The summed E-state index contributed by atoms with van der Waals surface area (Å²) in [4.78, 5) is 25.9. The second kappa shape index (κ2) is 9.71. The van der Waals surface area contributed by atoms with Gasteiger partial charge in [-0.25, -0.2) is 0 Å². The number of hydrogen-bond acceptors (Lipinski definition) is 5. The molecule has 2 aliphatic heterocycles. The third kappa shape index (κ3) is 5.94. The zero-order valence-corrected chi connectivity index (χ0v) is 15.7. The highest BCUT2D eigenvalue weighted by atomic mass is 16.5. The fourth-order valence-electron chi connectivity index (χ4n) is 3.62. The molecule has 27 heavy (non-hydrogen) atoms. The largest absolute Gasteiger partial charge is 0.486 e. The minimum Gasteiger partial charge on any atom is -0.486 e. The average molecular weight is 375 g/mol. The molecule has 2 aliphatic rings. The molecule has 3 N–H and O–H groups in total. The van der Waals surface area contributed by atoms with Gasteiger partial charge in [0.1, 0.15) is 11.9 Å². The zero-order valence-electron chi connectivity index (χ0n) is 15.7. The topological polar surface area (TPSA) is 93.9 Å². The molecule has 1 aromatic rings. The van der Waals surface area contributed by atoms with E-state index in [2.05, 4.69) is 10.2 Å². The summed E-state index contributed by atoms with van der Waals surface area (Å²) in [5.41, 5.74) is 5.70. The Morgan fingerprint density at radius 3 is 2.52 bits per heavy atom. The maximum absolute atomic E-state index is 12.5. The molecule has 0 bridgehead atoms. The van der Waals surface area contributed by atoms with Gasteiger partial charge in [-0.05, 0) is 56.6 Å². The van der Waals surface area contributed by atoms with Gasteiger partial charge in [-0.1, -0.05) is 12.8 Å². The van der Waals surface area contributed by atoms with Gasteiger partial charge in [0.25, 0.3) is 0 Å². The highest BCUT2D eigenvalue weighted by Crippen LogP contribution is 2.19. The molecule has 148 valence electrons. The standard InChI is InChI=1S/C20H29N3O4/c21-20(25)15-5-7-16(8-6-15)27-18-14-26-12-9-17(18)22-19(24)13-23-10-3-1-2-4-11-23/h5-8,17-18H,1-4,9-14H2,(H2,21,25)(H,22,24)/t17-,18-/m1/s1. The van der Waals surface area contributed by atoms with E-state index in [1.54, 1.807) is 24.3 Å². The second-order valence-electron chi connectivity index (χ2n) is 7.27. The molecule has 3 rings (SSSR count). The van der Waals surface area contributed by atoms with E-state index in [4.69, 9.17) is 15.2 Å². The summed E-state index contributed by atoms with van der Waals surface area (Å²) in [5, 5.41) is 3.13. The smallest absolute Gasteiger partial charge is 0.248 e. The lowest BCUT2D eigenvalue weighted by Gasteiger charge is -2.33. The van der Waals surface area contributed by atoms with Gasteiger partial charge in [-0.2, -0.15) is 0 Å². The molecule has 0 radical (unpaired) electrons. The number of benzene rings is 1. The van der Waals surface area contributed by atoms with Crippen molar-refractivity contribution in [1.29, 1.82) is 0 Å². The molecular formula is C20H29N3O4. The number of primary amides is 1. The zero-order chi connectivity index (χ0) is 19.1. The number of hydrogen-bond donors (Lipinski definition) is 2. The van der Waals surface area contributed by atoms with Crippen molar-refractivity contribution >= 4 is 11.8 Å². The number of carbonyl (C=O) groups excluding carboxylic acids is 2. The van der Waals surface area contributed by atoms with Gasteiger partial charge >= 0.3 is 0 Å². The molecule has 0 unspecified atom stereocenters. The van der Waals surface area contributed by atoms with E-state index in [-0.39, 0.29) is 18.1 Å². The van der Waals surface area contributed by atoms with Crippen molar-refractivity contribution in [3.63, 3.8) is 0 Å². The summed E-state index contributed by atoms with van der Waals surface area (Å²) in [6.07, 6.45) is 5.29. The molecular weight excluding hydrogens is 346 g/mol. The normalized spacial score (nSPS) is 24.0. The predicted octanol–water partition coefficient (Wildman–Crippen LogP) is 1.31. The van der Waals surface area contributed by atoms with Crippen LogP contribution in [0.15, 0.2) is 24.3 Å². The quantitative estimate of drug-likeness (QED) is 0.782. The van der Waals surface area contributed by atoms with E-state index >= 15 is 0 Å². The lowest BCUT2D eigenvalue weighted by atomic mass is 10.1. The summed E-state index contributed by atoms with van der Waals surface area (Å²) in [6, 6.07) is 6.60. The van der Waals surface area contributed by atoms with Crippen LogP contribution < -0.4 is 15.8 Å². The van der Waals surface area contributed by atoms with Gasteiger partial charge in [0.05, 0.1) is 19.2 Å². The van der Waals surface area contributed by atoms with Crippen LogP contribution in [0.5, 0.6) is 5.75 Å². The minimum atomic E-state index is -0.471.